The molecule has 1 heterocycles. The highest BCUT2D eigenvalue weighted by atomic mass is 32.1. The van der Waals surface area contributed by atoms with Crippen LogP contribution >= 0.6 is 11.3 Å². The predicted octanol–water partition coefficient (Wildman–Crippen LogP) is 1.04. The third-order valence-corrected chi connectivity index (χ3v) is 3.29. The lowest BCUT2D eigenvalue weighted by Crippen LogP contribution is -2.40. The van der Waals surface area contributed by atoms with E-state index in [4.69, 9.17) is 10.5 Å². The standard InChI is InChI=1S/C11H18N2O2S/c1-8-6-16-7-9(8)5-13-11(14)10(12)3-4-15-2/h6-7,10H,3-5,12H2,1-2H3,(H,13,14). The first-order valence-electron chi connectivity index (χ1n) is 5.19. The smallest absolute Gasteiger partial charge is 0.237 e. The van der Waals surface area contributed by atoms with Crippen LogP contribution in [-0.2, 0) is 16.1 Å². The van der Waals surface area contributed by atoms with Crippen molar-refractivity contribution in [3.63, 3.8) is 0 Å². The van der Waals surface area contributed by atoms with E-state index in [0.717, 1.165) is 5.56 Å². The summed E-state index contributed by atoms with van der Waals surface area (Å²) >= 11 is 1.64. The molecule has 0 saturated carbocycles. The van der Waals surface area contributed by atoms with Crippen LogP contribution < -0.4 is 11.1 Å². The first-order chi connectivity index (χ1) is 7.65. The molecule has 0 spiro atoms. The quantitative estimate of drug-likeness (QED) is 0.783. The highest BCUT2D eigenvalue weighted by Crippen LogP contribution is 2.12. The van der Waals surface area contributed by atoms with Crippen molar-refractivity contribution in [1.29, 1.82) is 0 Å². The fraction of sp³-hybridized carbons (Fsp3) is 0.545. The number of nitrogens with one attached hydrogen (secondary N) is 1. The molecule has 0 aliphatic rings. The maximum absolute atomic E-state index is 11.6. The van der Waals surface area contributed by atoms with Crippen molar-refractivity contribution in [1.82, 2.24) is 5.32 Å². The Kier molecular flexibility index (Phi) is 5.45. The van der Waals surface area contributed by atoms with Gasteiger partial charge in [0.05, 0.1) is 6.04 Å². The van der Waals surface area contributed by atoms with Crippen LogP contribution in [-0.4, -0.2) is 25.7 Å². The minimum atomic E-state index is -0.487. The monoisotopic (exact) mass is 242 g/mol. The summed E-state index contributed by atoms with van der Waals surface area (Å²) in [7, 11) is 1.60. The van der Waals surface area contributed by atoms with E-state index in [1.807, 2.05) is 12.3 Å². The van der Waals surface area contributed by atoms with E-state index in [0.29, 0.717) is 19.6 Å². The Labute approximate surface area is 99.8 Å². The van der Waals surface area contributed by atoms with Gasteiger partial charge in [-0.05, 0) is 35.2 Å². The zero-order chi connectivity index (χ0) is 12.0. The molecule has 1 rings (SSSR count). The van der Waals surface area contributed by atoms with E-state index in [9.17, 15) is 4.79 Å². The zero-order valence-electron chi connectivity index (χ0n) is 9.66. The number of ether oxygens (including phenoxy) is 1. The van der Waals surface area contributed by atoms with Crippen molar-refractivity contribution < 1.29 is 9.53 Å². The molecule has 1 amide bonds. The topological polar surface area (TPSA) is 64.3 Å². The first-order valence-corrected chi connectivity index (χ1v) is 6.13. The Morgan fingerprint density at radius 2 is 2.38 bits per heavy atom. The molecular formula is C11H18N2O2S. The summed E-state index contributed by atoms with van der Waals surface area (Å²) in [5, 5.41) is 6.92. The van der Waals surface area contributed by atoms with E-state index in [1.54, 1.807) is 18.4 Å². The van der Waals surface area contributed by atoms with Crippen molar-refractivity contribution in [2.24, 2.45) is 5.73 Å². The number of amides is 1. The molecule has 4 nitrogen and oxygen atoms in total. The van der Waals surface area contributed by atoms with E-state index >= 15 is 0 Å². The third-order valence-electron chi connectivity index (χ3n) is 2.38. The molecule has 0 fully saturated rings. The van der Waals surface area contributed by atoms with Gasteiger partial charge in [-0.2, -0.15) is 11.3 Å². The number of carbonyl (C=O) groups is 1. The number of hydrogen-bond acceptors (Lipinski definition) is 4. The van der Waals surface area contributed by atoms with Crippen LogP contribution in [0.15, 0.2) is 10.8 Å². The lowest BCUT2D eigenvalue weighted by molar-refractivity contribution is -0.122. The summed E-state index contributed by atoms with van der Waals surface area (Å²) < 4.78 is 4.87. The Morgan fingerprint density at radius 1 is 1.62 bits per heavy atom. The highest BCUT2D eigenvalue weighted by molar-refractivity contribution is 7.08. The Bertz CT molecular complexity index is 338. The minimum absolute atomic E-state index is 0.123. The van der Waals surface area contributed by atoms with Crippen LogP contribution in [0.5, 0.6) is 0 Å². The van der Waals surface area contributed by atoms with Gasteiger partial charge in [0.15, 0.2) is 0 Å². The van der Waals surface area contributed by atoms with Crippen LogP contribution in [0.25, 0.3) is 0 Å². The van der Waals surface area contributed by atoms with Gasteiger partial charge in [-0.1, -0.05) is 0 Å². The van der Waals surface area contributed by atoms with Crippen LogP contribution in [0, 0.1) is 6.92 Å². The molecule has 0 bridgehead atoms. The Balaban J connectivity index is 2.32. The fourth-order valence-corrected chi connectivity index (χ4v) is 2.11. The molecule has 0 aliphatic carbocycles. The number of aryl methyl sites for hydroxylation is 1. The molecule has 3 N–H and O–H groups in total. The molecule has 1 unspecified atom stereocenters. The first kappa shape index (κ1) is 13.2. The van der Waals surface area contributed by atoms with Crippen LogP contribution in [0.2, 0.25) is 0 Å². The maximum Gasteiger partial charge on any atom is 0.237 e. The molecule has 1 aromatic rings. The van der Waals surface area contributed by atoms with Gasteiger partial charge >= 0.3 is 0 Å². The molecule has 90 valence electrons. The third kappa shape index (κ3) is 3.92. The summed E-state index contributed by atoms with van der Waals surface area (Å²) in [4.78, 5) is 11.6. The molecule has 5 heteroatoms. The molecule has 0 aliphatic heterocycles. The van der Waals surface area contributed by atoms with Crippen LogP contribution in [0.3, 0.4) is 0 Å². The number of methoxy groups -OCH3 is 1. The number of rotatable bonds is 6. The maximum atomic E-state index is 11.6. The van der Waals surface area contributed by atoms with Gasteiger partial charge in [-0.15, -0.1) is 0 Å². The minimum Gasteiger partial charge on any atom is -0.385 e. The van der Waals surface area contributed by atoms with Gasteiger partial charge in [0, 0.05) is 20.3 Å². The average molecular weight is 242 g/mol. The summed E-state index contributed by atoms with van der Waals surface area (Å²) in [6, 6.07) is -0.487. The van der Waals surface area contributed by atoms with Gasteiger partial charge in [-0.25, -0.2) is 0 Å². The lowest BCUT2D eigenvalue weighted by Gasteiger charge is -2.11. The summed E-state index contributed by atoms with van der Waals surface area (Å²) in [6.07, 6.45) is 0.547. The second kappa shape index (κ2) is 6.62. The van der Waals surface area contributed by atoms with Crippen molar-refractivity contribution in [3.8, 4) is 0 Å². The largest absolute Gasteiger partial charge is 0.385 e. The highest BCUT2D eigenvalue weighted by Gasteiger charge is 2.12. The average Bonchev–Trinajstić information content (AvgIpc) is 2.68. The summed E-state index contributed by atoms with van der Waals surface area (Å²) in [6.45, 7) is 3.09. The normalized spacial score (nSPS) is 12.4. The Hall–Kier alpha value is -0.910. The summed E-state index contributed by atoms with van der Waals surface area (Å²) in [5.41, 5.74) is 8.05. The van der Waals surface area contributed by atoms with Gasteiger partial charge in [-0.3, -0.25) is 4.79 Å². The van der Waals surface area contributed by atoms with E-state index in [1.165, 1.54) is 5.56 Å². The molecule has 1 atom stereocenters. The number of nitrogens with two attached hydrogens (primary N) is 1. The molecule has 0 aromatic carbocycles. The molecule has 0 saturated heterocycles. The SMILES string of the molecule is COCCC(N)C(=O)NCc1cscc1C. The molecular weight excluding hydrogens is 224 g/mol. The van der Waals surface area contributed by atoms with E-state index < -0.39 is 6.04 Å². The van der Waals surface area contributed by atoms with Gasteiger partial charge in [0.25, 0.3) is 0 Å². The Morgan fingerprint density at radius 3 is 2.94 bits per heavy atom. The number of hydrogen-bond donors (Lipinski definition) is 2. The van der Waals surface area contributed by atoms with Crippen molar-refractivity contribution in [2.75, 3.05) is 13.7 Å². The molecule has 0 radical (unpaired) electrons. The lowest BCUT2D eigenvalue weighted by atomic mass is 10.2. The predicted molar refractivity (Wildman–Crippen MR) is 65.4 cm³/mol. The number of carbonyl (C=O) groups excluding carboxylic acids is 1. The van der Waals surface area contributed by atoms with Crippen LogP contribution in [0.4, 0.5) is 0 Å². The van der Waals surface area contributed by atoms with Crippen molar-refractivity contribution >= 4 is 17.2 Å². The van der Waals surface area contributed by atoms with Gasteiger partial charge in [0.1, 0.15) is 0 Å². The second-order valence-corrected chi connectivity index (χ2v) is 4.43. The van der Waals surface area contributed by atoms with Crippen LogP contribution in [0.1, 0.15) is 17.5 Å². The van der Waals surface area contributed by atoms with Crippen molar-refractivity contribution in [2.45, 2.75) is 25.9 Å². The van der Waals surface area contributed by atoms with E-state index in [-0.39, 0.29) is 5.91 Å². The molecule has 1 aromatic heterocycles. The van der Waals surface area contributed by atoms with Gasteiger partial charge < -0.3 is 15.8 Å². The second-order valence-electron chi connectivity index (χ2n) is 3.69. The zero-order valence-corrected chi connectivity index (χ0v) is 10.5. The van der Waals surface area contributed by atoms with E-state index in [2.05, 4.69) is 10.7 Å². The fourth-order valence-electron chi connectivity index (χ4n) is 1.26. The number of thiophene rings is 1. The molecule has 16 heavy (non-hydrogen) atoms. The van der Waals surface area contributed by atoms with Crippen molar-refractivity contribution in [3.05, 3.63) is 21.9 Å². The van der Waals surface area contributed by atoms with Gasteiger partial charge in [0.2, 0.25) is 5.91 Å². The summed E-state index contributed by atoms with van der Waals surface area (Å²) in [5.74, 6) is -0.123.